The molecule has 2 heterocycles. The van der Waals surface area contributed by atoms with Crippen molar-refractivity contribution < 1.29 is 14.3 Å². The van der Waals surface area contributed by atoms with Gasteiger partial charge in [-0.2, -0.15) is 0 Å². The van der Waals surface area contributed by atoms with Gasteiger partial charge >= 0.3 is 0 Å². The van der Waals surface area contributed by atoms with Crippen LogP contribution in [0.4, 0.5) is 5.69 Å². The fraction of sp³-hybridized carbons (Fsp3) is 0.435. The van der Waals surface area contributed by atoms with Crippen molar-refractivity contribution in [1.29, 1.82) is 0 Å². The van der Waals surface area contributed by atoms with Crippen molar-refractivity contribution in [3.05, 3.63) is 53.3 Å². The van der Waals surface area contributed by atoms with Crippen LogP contribution in [-0.2, 0) is 4.79 Å². The Morgan fingerprint density at radius 1 is 1.28 bits per heavy atom. The summed E-state index contributed by atoms with van der Waals surface area (Å²) in [7, 11) is 0. The molecular weight excluding hydrogens is 448 g/mol. The smallest absolute Gasteiger partial charge is 0.254 e. The Kier molecular flexibility index (Phi) is 9.05. The molecule has 1 fully saturated rings. The highest BCUT2D eigenvalue weighted by molar-refractivity contribution is 7.99. The number of nitrogens with one attached hydrogen (secondary N) is 1. The Hall–Kier alpha value is -2.45. The number of amides is 2. The van der Waals surface area contributed by atoms with Crippen molar-refractivity contribution >= 4 is 40.9 Å². The number of ether oxygens (including phenoxy) is 1. The number of nitrogens with zero attached hydrogens (tertiary/aromatic N) is 3. The monoisotopic (exact) mass is 476 g/mol. The largest absolute Gasteiger partial charge is 0.492 e. The number of pyridine rings is 1. The van der Waals surface area contributed by atoms with Gasteiger partial charge in [0.15, 0.2) is 0 Å². The lowest BCUT2D eigenvalue weighted by atomic mass is 10.1. The Balaban J connectivity index is 1.58. The van der Waals surface area contributed by atoms with Crippen molar-refractivity contribution in [2.75, 3.05) is 43.2 Å². The molecule has 0 aliphatic carbocycles. The molecule has 1 aliphatic rings. The summed E-state index contributed by atoms with van der Waals surface area (Å²) in [4.78, 5) is 33.2. The van der Waals surface area contributed by atoms with Gasteiger partial charge in [0.1, 0.15) is 12.4 Å². The lowest BCUT2D eigenvalue weighted by Crippen LogP contribution is -2.40. The van der Waals surface area contributed by atoms with Gasteiger partial charge in [-0.25, -0.2) is 0 Å². The Morgan fingerprint density at radius 2 is 2.06 bits per heavy atom. The maximum absolute atomic E-state index is 13.2. The van der Waals surface area contributed by atoms with Crippen LogP contribution in [-0.4, -0.2) is 70.5 Å². The van der Waals surface area contributed by atoms with Crippen molar-refractivity contribution in [2.45, 2.75) is 26.3 Å². The van der Waals surface area contributed by atoms with E-state index in [-0.39, 0.29) is 17.9 Å². The highest BCUT2D eigenvalue weighted by Gasteiger charge is 2.23. The van der Waals surface area contributed by atoms with Gasteiger partial charge in [0.05, 0.1) is 5.88 Å². The van der Waals surface area contributed by atoms with Crippen LogP contribution in [0, 0.1) is 0 Å². The molecule has 0 spiro atoms. The summed E-state index contributed by atoms with van der Waals surface area (Å²) in [5.41, 5.74) is 1.41. The molecule has 0 radical (unpaired) electrons. The van der Waals surface area contributed by atoms with E-state index in [1.54, 1.807) is 47.3 Å². The normalized spacial score (nSPS) is 13.3. The molecule has 9 heteroatoms. The van der Waals surface area contributed by atoms with Crippen LogP contribution in [0.15, 0.2) is 42.7 Å². The maximum Gasteiger partial charge on any atom is 0.254 e. The molecule has 1 aromatic carbocycles. The number of hydrogen-bond acceptors (Lipinski definition) is 6. The van der Waals surface area contributed by atoms with Crippen LogP contribution in [0.25, 0.3) is 0 Å². The zero-order valence-electron chi connectivity index (χ0n) is 18.4. The average molecular weight is 477 g/mol. The van der Waals surface area contributed by atoms with Crippen LogP contribution in [0.5, 0.6) is 5.75 Å². The van der Waals surface area contributed by atoms with E-state index < -0.39 is 0 Å². The quantitative estimate of drug-likeness (QED) is 0.522. The zero-order valence-corrected chi connectivity index (χ0v) is 20.0. The summed E-state index contributed by atoms with van der Waals surface area (Å²) in [6.07, 6.45) is 3.75. The molecular formula is C23H29ClN4O3S. The first kappa shape index (κ1) is 24.2. The molecule has 1 N–H and O–H groups in total. The summed E-state index contributed by atoms with van der Waals surface area (Å²) < 4.78 is 5.81. The lowest BCUT2D eigenvalue weighted by Gasteiger charge is -2.27. The maximum atomic E-state index is 13.2. The van der Waals surface area contributed by atoms with Crippen molar-refractivity contribution in [1.82, 2.24) is 14.8 Å². The summed E-state index contributed by atoms with van der Waals surface area (Å²) in [5, 5.41) is 3.67. The first-order valence-electron chi connectivity index (χ1n) is 10.7. The van der Waals surface area contributed by atoms with Crippen LogP contribution in [0.3, 0.4) is 0 Å². The highest BCUT2D eigenvalue weighted by atomic mass is 35.5. The zero-order chi connectivity index (χ0) is 22.9. The van der Waals surface area contributed by atoms with E-state index in [9.17, 15) is 9.59 Å². The fourth-order valence-corrected chi connectivity index (χ4v) is 4.55. The minimum Gasteiger partial charge on any atom is -0.492 e. The number of carbonyl (C=O) groups excluding carboxylic acids is 2. The van der Waals surface area contributed by atoms with Gasteiger partial charge < -0.3 is 19.9 Å². The second-order valence-corrected chi connectivity index (χ2v) is 9.23. The van der Waals surface area contributed by atoms with Gasteiger partial charge in [-0.05, 0) is 44.2 Å². The number of aromatic nitrogens is 1. The van der Waals surface area contributed by atoms with E-state index in [2.05, 4.69) is 10.3 Å². The van der Waals surface area contributed by atoms with E-state index in [4.69, 9.17) is 16.3 Å². The third-order valence-corrected chi connectivity index (χ3v) is 6.24. The predicted molar refractivity (Wildman–Crippen MR) is 130 cm³/mol. The van der Waals surface area contributed by atoms with E-state index in [1.807, 2.05) is 30.9 Å². The van der Waals surface area contributed by atoms with E-state index in [1.165, 1.54) is 0 Å². The first-order valence-corrected chi connectivity index (χ1v) is 12.2. The Labute approximate surface area is 198 Å². The molecule has 7 nitrogen and oxygen atoms in total. The number of halogens is 1. The number of anilines is 1. The van der Waals surface area contributed by atoms with Gasteiger partial charge in [0.2, 0.25) is 5.91 Å². The first-order chi connectivity index (χ1) is 15.4. The second-order valence-electron chi connectivity index (χ2n) is 7.72. The third-order valence-electron chi connectivity index (χ3n) is 5.05. The molecule has 2 amide bonds. The molecule has 3 rings (SSSR count). The molecule has 1 saturated heterocycles. The van der Waals surface area contributed by atoms with Crippen LogP contribution in [0.2, 0.25) is 5.02 Å². The molecule has 0 unspecified atom stereocenters. The number of rotatable bonds is 10. The van der Waals surface area contributed by atoms with Crippen molar-refractivity contribution in [3.63, 3.8) is 0 Å². The summed E-state index contributed by atoms with van der Waals surface area (Å²) in [6.45, 7) is 6.04. The molecule has 172 valence electrons. The van der Waals surface area contributed by atoms with E-state index in [0.717, 1.165) is 23.9 Å². The average Bonchev–Trinajstić information content (AvgIpc) is 3.32. The number of carbonyl (C=O) groups is 2. The van der Waals surface area contributed by atoms with Gasteiger partial charge in [-0.1, -0.05) is 11.6 Å². The molecule has 0 bridgehead atoms. The SMILES string of the molecule is CC(C)N(CCC(=O)N1CCSC1)C(=O)c1cc(Cl)cc(OCCNc2ccncc2)c1. The highest BCUT2D eigenvalue weighted by Crippen LogP contribution is 2.23. The molecule has 1 aromatic heterocycles. The number of benzene rings is 1. The van der Waals surface area contributed by atoms with E-state index >= 15 is 0 Å². The summed E-state index contributed by atoms with van der Waals surface area (Å²) in [6, 6.07) is 8.75. The van der Waals surface area contributed by atoms with Crippen LogP contribution < -0.4 is 10.1 Å². The van der Waals surface area contributed by atoms with Crippen molar-refractivity contribution in [2.24, 2.45) is 0 Å². The Bertz CT molecular complexity index is 907. The standard InChI is InChI=1S/C23H29ClN4O3S/c1-17(2)28(9-5-22(29)27-10-12-32-16-27)23(30)18-13-19(24)15-21(14-18)31-11-8-26-20-3-6-25-7-4-20/h3-4,6-7,13-15,17H,5,8-12,16H2,1-2H3,(H,25,26). The third kappa shape index (κ3) is 7.03. The predicted octanol–water partition coefficient (Wildman–Crippen LogP) is 4.00. The van der Waals surface area contributed by atoms with Gasteiger partial charge in [-0.15, -0.1) is 11.8 Å². The second kappa shape index (κ2) is 12.0. The molecule has 1 aliphatic heterocycles. The molecule has 32 heavy (non-hydrogen) atoms. The molecule has 2 aromatic rings. The van der Waals surface area contributed by atoms with Crippen LogP contribution in [0.1, 0.15) is 30.6 Å². The number of hydrogen-bond donors (Lipinski definition) is 1. The Morgan fingerprint density at radius 3 is 2.75 bits per heavy atom. The lowest BCUT2D eigenvalue weighted by molar-refractivity contribution is -0.129. The molecule has 0 saturated carbocycles. The molecule has 0 atom stereocenters. The summed E-state index contributed by atoms with van der Waals surface area (Å²) >= 11 is 8.02. The van der Waals surface area contributed by atoms with Gasteiger partial charge in [-0.3, -0.25) is 14.6 Å². The summed E-state index contributed by atoms with van der Waals surface area (Å²) in [5.74, 6) is 2.17. The van der Waals surface area contributed by atoms with Crippen LogP contribution >= 0.6 is 23.4 Å². The minimum atomic E-state index is -0.161. The van der Waals surface area contributed by atoms with E-state index in [0.29, 0.717) is 42.5 Å². The minimum absolute atomic E-state index is 0.0452. The van der Waals surface area contributed by atoms with Gasteiger partial charge in [0.25, 0.3) is 5.91 Å². The van der Waals surface area contributed by atoms with Gasteiger partial charge in [0, 0.05) is 66.5 Å². The topological polar surface area (TPSA) is 74.8 Å². The van der Waals surface area contributed by atoms with Crippen molar-refractivity contribution in [3.8, 4) is 5.75 Å². The number of thioether (sulfide) groups is 1. The fourth-order valence-electron chi connectivity index (χ4n) is 3.35.